The van der Waals surface area contributed by atoms with Crippen molar-refractivity contribution in [3.8, 4) is 0 Å². The molecule has 4 N–H and O–H groups in total. The van der Waals surface area contributed by atoms with Gasteiger partial charge in [-0.25, -0.2) is 4.79 Å². The van der Waals surface area contributed by atoms with Gasteiger partial charge >= 0.3 is 5.97 Å². The lowest BCUT2D eigenvalue weighted by atomic mass is 10.0. The Morgan fingerprint density at radius 3 is 2.57 bits per heavy atom. The number of nitrogens with one attached hydrogen (secondary N) is 1. The van der Waals surface area contributed by atoms with E-state index >= 15 is 0 Å². The van der Waals surface area contributed by atoms with Crippen LogP contribution in [0, 0.1) is 5.92 Å². The van der Waals surface area contributed by atoms with E-state index in [1.54, 1.807) is 12.1 Å². The summed E-state index contributed by atoms with van der Waals surface area (Å²) in [5.74, 6) is -1.44. The summed E-state index contributed by atoms with van der Waals surface area (Å²) in [5.41, 5.74) is 6.06. The molecule has 21 heavy (non-hydrogen) atoms. The van der Waals surface area contributed by atoms with Crippen LogP contribution in [0.25, 0.3) is 0 Å². The van der Waals surface area contributed by atoms with E-state index in [1.165, 1.54) is 6.07 Å². The lowest BCUT2D eigenvalue weighted by Crippen LogP contribution is -2.22. The lowest BCUT2D eigenvalue weighted by Gasteiger charge is -2.14. The number of carbonyl (C=O) groups is 2. The van der Waals surface area contributed by atoms with Gasteiger partial charge in [0.25, 0.3) is 0 Å². The van der Waals surface area contributed by atoms with Crippen molar-refractivity contribution in [1.82, 2.24) is 0 Å². The molecule has 2 unspecified atom stereocenters. The minimum Gasteiger partial charge on any atom is -0.478 e. The van der Waals surface area contributed by atoms with Crippen LogP contribution in [-0.4, -0.2) is 23.0 Å². The molecular weight excluding hydrogens is 336 g/mol. The number of aromatic carboxylic acids is 1. The maximum Gasteiger partial charge on any atom is 0.337 e. The van der Waals surface area contributed by atoms with Gasteiger partial charge in [0.15, 0.2) is 0 Å². The van der Waals surface area contributed by atoms with Crippen molar-refractivity contribution in [2.24, 2.45) is 11.7 Å². The number of rotatable bonds is 7. The van der Waals surface area contributed by atoms with Crippen molar-refractivity contribution in [2.45, 2.75) is 39.2 Å². The van der Waals surface area contributed by atoms with E-state index in [0.717, 1.165) is 19.3 Å². The third-order valence-electron chi connectivity index (χ3n) is 3.21. The van der Waals surface area contributed by atoms with E-state index in [2.05, 4.69) is 21.2 Å². The molecule has 1 amide bonds. The second kappa shape index (κ2) is 8.14. The Morgan fingerprint density at radius 2 is 2.00 bits per heavy atom. The highest BCUT2D eigenvalue weighted by molar-refractivity contribution is 9.10. The molecule has 1 aromatic rings. The standard InChI is InChI=1S/C15H21BrN2O3/c1-9(4-3-5-10(2)17)14(19)18-13-8-11(16)6-7-12(13)15(20)21/h6-10H,3-5,17H2,1-2H3,(H,18,19)(H,20,21). The maximum atomic E-state index is 12.1. The SMILES string of the molecule is CC(N)CCCC(C)C(=O)Nc1cc(Br)ccc1C(=O)O. The van der Waals surface area contributed by atoms with Gasteiger partial charge in [-0.15, -0.1) is 0 Å². The zero-order valence-electron chi connectivity index (χ0n) is 12.2. The topological polar surface area (TPSA) is 92.4 Å². The summed E-state index contributed by atoms with van der Waals surface area (Å²) in [4.78, 5) is 23.3. The van der Waals surface area contributed by atoms with Gasteiger partial charge in [-0.2, -0.15) is 0 Å². The maximum absolute atomic E-state index is 12.1. The Kier molecular flexibility index (Phi) is 6.84. The zero-order chi connectivity index (χ0) is 16.0. The molecule has 0 fully saturated rings. The van der Waals surface area contributed by atoms with Crippen molar-refractivity contribution < 1.29 is 14.7 Å². The van der Waals surface area contributed by atoms with Crippen LogP contribution in [0.1, 0.15) is 43.5 Å². The van der Waals surface area contributed by atoms with E-state index < -0.39 is 5.97 Å². The van der Waals surface area contributed by atoms with Crippen LogP contribution in [0.3, 0.4) is 0 Å². The summed E-state index contributed by atoms with van der Waals surface area (Å²) >= 11 is 3.27. The number of carboxylic acid groups (broad SMARTS) is 1. The number of carbonyl (C=O) groups excluding carboxylic acids is 1. The molecule has 0 radical (unpaired) electrons. The molecule has 0 aliphatic heterocycles. The fraction of sp³-hybridized carbons (Fsp3) is 0.467. The number of anilines is 1. The Morgan fingerprint density at radius 1 is 1.33 bits per heavy atom. The second-order valence-electron chi connectivity index (χ2n) is 5.29. The molecule has 0 heterocycles. The Bertz CT molecular complexity index is 518. The van der Waals surface area contributed by atoms with Crippen molar-refractivity contribution in [1.29, 1.82) is 0 Å². The van der Waals surface area contributed by atoms with Crippen LogP contribution in [0.15, 0.2) is 22.7 Å². The first-order valence-corrected chi connectivity index (χ1v) is 7.70. The summed E-state index contributed by atoms with van der Waals surface area (Å²) in [6, 6.07) is 4.81. The molecule has 116 valence electrons. The van der Waals surface area contributed by atoms with Gasteiger partial charge in [0.05, 0.1) is 11.3 Å². The Labute approximate surface area is 133 Å². The van der Waals surface area contributed by atoms with Crippen molar-refractivity contribution in [3.63, 3.8) is 0 Å². The molecular formula is C15H21BrN2O3. The monoisotopic (exact) mass is 356 g/mol. The van der Waals surface area contributed by atoms with Crippen LogP contribution in [0.5, 0.6) is 0 Å². The quantitative estimate of drug-likeness (QED) is 0.699. The molecule has 0 saturated carbocycles. The summed E-state index contributed by atoms with van der Waals surface area (Å²) < 4.78 is 0.715. The zero-order valence-corrected chi connectivity index (χ0v) is 13.8. The van der Waals surface area contributed by atoms with Gasteiger partial charge in [0.2, 0.25) is 5.91 Å². The highest BCUT2D eigenvalue weighted by Gasteiger charge is 2.17. The van der Waals surface area contributed by atoms with Gasteiger partial charge in [0.1, 0.15) is 0 Å². The first-order valence-electron chi connectivity index (χ1n) is 6.90. The molecule has 5 nitrogen and oxygen atoms in total. The van der Waals surface area contributed by atoms with E-state index in [4.69, 9.17) is 10.8 Å². The average molecular weight is 357 g/mol. The second-order valence-corrected chi connectivity index (χ2v) is 6.21. The summed E-state index contributed by atoms with van der Waals surface area (Å²) in [6.07, 6.45) is 2.47. The number of benzene rings is 1. The smallest absolute Gasteiger partial charge is 0.337 e. The predicted octanol–water partition coefficient (Wildman–Crippen LogP) is 3.24. The normalized spacial score (nSPS) is 13.5. The number of halogens is 1. The minimum absolute atomic E-state index is 0.0781. The van der Waals surface area contributed by atoms with Gasteiger partial charge in [-0.05, 0) is 38.0 Å². The molecule has 1 rings (SSSR count). The highest BCUT2D eigenvalue weighted by Crippen LogP contribution is 2.23. The third-order valence-corrected chi connectivity index (χ3v) is 3.71. The molecule has 2 atom stereocenters. The fourth-order valence-corrected chi connectivity index (χ4v) is 2.30. The molecule has 0 aliphatic rings. The molecule has 1 aromatic carbocycles. The van der Waals surface area contributed by atoms with Gasteiger partial charge in [-0.3, -0.25) is 4.79 Å². The molecule has 6 heteroatoms. The van der Waals surface area contributed by atoms with E-state index in [1.807, 2.05) is 13.8 Å². The highest BCUT2D eigenvalue weighted by atomic mass is 79.9. The van der Waals surface area contributed by atoms with Crippen LogP contribution in [-0.2, 0) is 4.79 Å². The number of hydrogen-bond donors (Lipinski definition) is 3. The number of hydrogen-bond acceptors (Lipinski definition) is 3. The number of amides is 1. The molecule has 0 aliphatic carbocycles. The third kappa shape index (κ3) is 5.85. The van der Waals surface area contributed by atoms with E-state index in [0.29, 0.717) is 10.2 Å². The molecule has 0 bridgehead atoms. The van der Waals surface area contributed by atoms with Crippen LogP contribution < -0.4 is 11.1 Å². The van der Waals surface area contributed by atoms with Gasteiger partial charge in [0, 0.05) is 16.4 Å². The summed E-state index contributed by atoms with van der Waals surface area (Å²) in [7, 11) is 0. The van der Waals surface area contributed by atoms with Crippen LogP contribution >= 0.6 is 15.9 Å². The molecule has 0 saturated heterocycles. The predicted molar refractivity (Wildman–Crippen MR) is 86.4 cm³/mol. The minimum atomic E-state index is -1.07. The van der Waals surface area contributed by atoms with Crippen LogP contribution in [0.4, 0.5) is 5.69 Å². The largest absolute Gasteiger partial charge is 0.478 e. The average Bonchev–Trinajstić information content (AvgIpc) is 2.37. The van der Waals surface area contributed by atoms with Crippen molar-refractivity contribution in [3.05, 3.63) is 28.2 Å². The van der Waals surface area contributed by atoms with Crippen molar-refractivity contribution >= 4 is 33.5 Å². The van der Waals surface area contributed by atoms with Gasteiger partial charge < -0.3 is 16.2 Å². The van der Waals surface area contributed by atoms with Gasteiger partial charge in [-0.1, -0.05) is 29.3 Å². The number of carboxylic acids is 1. The summed E-state index contributed by atoms with van der Waals surface area (Å²) in [5, 5.41) is 11.8. The lowest BCUT2D eigenvalue weighted by molar-refractivity contribution is -0.119. The first-order chi connectivity index (χ1) is 9.81. The summed E-state index contributed by atoms with van der Waals surface area (Å²) in [6.45, 7) is 3.76. The molecule has 0 aromatic heterocycles. The fourth-order valence-electron chi connectivity index (χ4n) is 1.94. The van der Waals surface area contributed by atoms with Crippen molar-refractivity contribution in [2.75, 3.05) is 5.32 Å². The van der Waals surface area contributed by atoms with Crippen LogP contribution in [0.2, 0.25) is 0 Å². The van der Waals surface area contributed by atoms with E-state index in [-0.39, 0.29) is 23.4 Å². The number of nitrogens with two attached hydrogens (primary N) is 1. The first kappa shape index (κ1) is 17.7. The molecule has 0 spiro atoms. The van der Waals surface area contributed by atoms with E-state index in [9.17, 15) is 9.59 Å². The Hall–Kier alpha value is -1.40. The Balaban J connectivity index is 2.69.